The molecule has 2 rings (SSSR count). The van der Waals surface area contributed by atoms with Crippen LogP contribution in [0.2, 0.25) is 0 Å². The lowest BCUT2D eigenvalue weighted by atomic mass is 10.1. The molecule has 0 amide bonds. The van der Waals surface area contributed by atoms with Gasteiger partial charge in [0.15, 0.2) is 17.3 Å². The van der Waals surface area contributed by atoms with Crippen LogP contribution in [0, 0.1) is 22.9 Å². The van der Waals surface area contributed by atoms with E-state index in [1.54, 1.807) is 7.05 Å². The number of nitrogens with zero attached hydrogens (tertiary/aromatic N) is 3. The molecule has 7 nitrogen and oxygen atoms in total. The Bertz CT molecular complexity index is 706. The van der Waals surface area contributed by atoms with Gasteiger partial charge in [-0.05, 0) is 19.1 Å². The largest absolute Gasteiger partial charge is 0.494 e. The van der Waals surface area contributed by atoms with E-state index in [1.165, 1.54) is 32.2 Å². The predicted molar refractivity (Wildman–Crippen MR) is 74.9 cm³/mol. The van der Waals surface area contributed by atoms with Crippen LogP contribution in [0.1, 0.15) is 5.69 Å². The third-order valence-electron chi connectivity index (χ3n) is 2.90. The van der Waals surface area contributed by atoms with Crippen molar-refractivity contribution in [2.24, 2.45) is 0 Å². The normalized spacial score (nSPS) is 10.3. The average molecular weight is 292 g/mol. The second-order valence-electron chi connectivity index (χ2n) is 4.16. The molecule has 1 aromatic heterocycles. The summed E-state index contributed by atoms with van der Waals surface area (Å²) >= 11 is 0. The number of hydrogen-bond donors (Lipinski definition) is 1. The zero-order valence-electron chi connectivity index (χ0n) is 11.7. The number of halogens is 1. The zero-order valence-corrected chi connectivity index (χ0v) is 11.7. The second kappa shape index (κ2) is 5.70. The van der Waals surface area contributed by atoms with Crippen molar-refractivity contribution >= 4 is 11.6 Å². The molecule has 0 aliphatic rings. The maximum absolute atomic E-state index is 14.3. The molecule has 1 heterocycles. The van der Waals surface area contributed by atoms with Crippen molar-refractivity contribution in [1.82, 2.24) is 9.97 Å². The third kappa shape index (κ3) is 2.60. The van der Waals surface area contributed by atoms with Gasteiger partial charge in [0.1, 0.15) is 5.69 Å². The standard InChI is InChI=1S/C13H13FN4O3/c1-7-12(18(19)20)11(17-13(15-2)16-7)8-5-4-6-9(21-3)10(8)14/h4-6H,1-3H3,(H,15,16,17). The fourth-order valence-corrected chi connectivity index (χ4v) is 1.94. The van der Waals surface area contributed by atoms with Crippen molar-refractivity contribution in [1.29, 1.82) is 0 Å². The Labute approximate surface area is 120 Å². The van der Waals surface area contributed by atoms with E-state index in [4.69, 9.17) is 4.74 Å². The number of hydrogen-bond acceptors (Lipinski definition) is 6. The summed E-state index contributed by atoms with van der Waals surface area (Å²) in [6.07, 6.45) is 0. The lowest BCUT2D eigenvalue weighted by Crippen LogP contribution is -2.06. The molecule has 0 unspecified atom stereocenters. The Morgan fingerprint density at radius 2 is 2.10 bits per heavy atom. The summed E-state index contributed by atoms with van der Waals surface area (Å²) in [6.45, 7) is 1.47. The van der Waals surface area contributed by atoms with Gasteiger partial charge in [-0.2, -0.15) is 0 Å². The SMILES string of the molecule is CNc1nc(C)c([N+](=O)[O-])c(-c2cccc(OC)c2F)n1. The van der Waals surface area contributed by atoms with Crippen LogP contribution in [0.15, 0.2) is 18.2 Å². The molecule has 0 aliphatic heterocycles. The van der Waals surface area contributed by atoms with E-state index in [1.807, 2.05) is 0 Å². The molecule has 0 saturated heterocycles. The highest BCUT2D eigenvalue weighted by Crippen LogP contribution is 2.35. The minimum Gasteiger partial charge on any atom is -0.494 e. The van der Waals surface area contributed by atoms with Crippen LogP contribution in [0.5, 0.6) is 5.75 Å². The van der Waals surface area contributed by atoms with Gasteiger partial charge in [0.05, 0.1) is 12.0 Å². The highest BCUT2D eigenvalue weighted by Gasteiger charge is 2.26. The summed E-state index contributed by atoms with van der Waals surface area (Å²) in [5.74, 6) is -0.539. The van der Waals surface area contributed by atoms with Gasteiger partial charge in [-0.15, -0.1) is 0 Å². The number of anilines is 1. The van der Waals surface area contributed by atoms with E-state index in [9.17, 15) is 14.5 Å². The molecular formula is C13H13FN4O3. The van der Waals surface area contributed by atoms with E-state index >= 15 is 0 Å². The van der Waals surface area contributed by atoms with E-state index in [2.05, 4.69) is 15.3 Å². The molecule has 21 heavy (non-hydrogen) atoms. The first-order chi connectivity index (χ1) is 9.99. The van der Waals surface area contributed by atoms with E-state index in [0.717, 1.165) is 0 Å². The molecule has 110 valence electrons. The Morgan fingerprint density at radius 1 is 1.38 bits per heavy atom. The molecule has 1 N–H and O–H groups in total. The van der Waals surface area contributed by atoms with Gasteiger partial charge in [-0.3, -0.25) is 10.1 Å². The Hall–Kier alpha value is -2.77. The van der Waals surface area contributed by atoms with Crippen molar-refractivity contribution in [3.8, 4) is 17.0 Å². The van der Waals surface area contributed by atoms with Crippen LogP contribution < -0.4 is 10.1 Å². The summed E-state index contributed by atoms with van der Waals surface area (Å²) in [5.41, 5.74) is -0.283. The van der Waals surface area contributed by atoms with Crippen LogP contribution in [-0.2, 0) is 0 Å². The molecule has 2 aromatic rings. The molecule has 0 bridgehead atoms. The van der Waals surface area contributed by atoms with Crippen LogP contribution in [-0.4, -0.2) is 29.0 Å². The Balaban J connectivity index is 2.79. The van der Waals surface area contributed by atoms with Gasteiger partial charge in [-0.1, -0.05) is 6.07 Å². The monoisotopic (exact) mass is 292 g/mol. The van der Waals surface area contributed by atoms with E-state index in [0.29, 0.717) is 0 Å². The zero-order chi connectivity index (χ0) is 15.6. The maximum atomic E-state index is 14.3. The van der Waals surface area contributed by atoms with Crippen molar-refractivity contribution in [3.05, 3.63) is 39.8 Å². The lowest BCUT2D eigenvalue weighted by Gasteiger charge is -2.10. The third-order valence-corrected chi connectivity index (χ3v) is 2.90. The quantitative estimate of drug-likeness (QED) is 0.688. The fourth-order valence-electron chi connectivity index (χ4n) is 1.94. The van der Waals surface area contributed by atoms with Gasteiger partial charge in [-0.25, -0.2) is 14.4 Å². The van der Waals surface area contributed by atoms with E-state index < -0.39 is 10.7 Å². The number of aromatic nitrogens is 2. The fraction of sp³-hybridized carbons (Fsp3) is 0.231. The van der Waals surface area contributed by atoms with Crippen LogP contribution >= 0.6 is 0 Å². The Morgan fingerprint density at radius 3 is 2.67 bits per heavy atom. The number of nitrogens with one attached hydrogen (secondary N) is 1. The first kappa shape index (κ1) is 14.6. The average Bonchev–Trinajstić information content (AvgIpc) is 2.46. The minimum atomic E-state index is -0.705. The molecular weight excluding hydrogens is 279 g/mol. The van der Waals surface area contributed by atoms with Crippen molar-refractivity contribution < 1.29 is 14.1 Å². The first-order valence-corrected chi connectivity index (χ1v) is 6.03. The molecule has 0 radical (unpaired) electrons. The van der Waals surface area contributed by atoms with Crippen LogP contribution in [0.4, 0.5) is 16.0 Å². The summed E-state index contributed by atoms with van der Waals surface area (Å²) in [5, 5.41) is 13.9. The van der Waals surface area contributed by atoms with Crippen molar-refractivity contribution in [2.45, 2.75) is 6.92 Å². The molecule has 0 fully saturated rings. The smallest absolute Gasteiger partial charge is 0.316 e. The molecule has 8 heteroatoms. The number of nitro groups is 1. The van der Waals surface area contributed by atoms with Gasteiger partial charge in [0.2, 0.25) is 5.95 Å². The summed E-state index contributed by atoms with van der Waals surface area (Å²) in [4.78, 5) is 18.6. The molecule has 0 atom stereocenters. The minimum absolute atomic E-state index is 0.0101. The van der Waals surface area contributed by atoms with Gasteiger partial charge in [0.25, 0.3) is 0 Å². The van der Waals surface area contributed by atoms with E-state index in [-0.39, 0.29) is 34.3 Å². The topological polar surface area (TPSA) is 90.2 Å². The van der Waals surface area contributed by atoms with Crippen molar-refractivity contribution in [3.63, 3.8) is 0 Å². The number of rotatable bonds is 4. The molecule has 1 aromatic carbocycles. The molecule has 0 spiro atoms. The predicted octanol–water partition coefficient (Wildman–Crippen LogP) is 2.55. The summed E-state index contributed by atoms with van der Waals surface area (Å²) < 4.78 is 19.2. The molecule has 0 aliphatic carbocycles. The van der Waals surface area contributed by atoms with Crippen LogP contribution in [0.3, 0.4) is 0 Å². The van der Waals surface area contributed by atoms with Gasteiger partial charge >= 0.3 is 5.69 Å². The Kier molecular flexibility index (Phi) is 3.97. The lowest BCUT2D eigenvalue weighted by molar-refractivity contribution is -0.385. The van der Waals surface area contributed by atoms with Crippen LogP contribution in [0.25, 0.3) is 11.3 Å². The second-order valence-corrected chi connectivity index (χ2v) is 4.16. The number of benzene rings is 1. The number of methoxy groups -OCH3 is 1. The number of ether oxygens (including phenoxy) is 1. The first-order valence-electron chi connectivity index (χ1n) is 6.03. The maximum Gasteiger partial charge on any atom is 0.316 e. The summed E-state index contributed by atoms with van der Waals surface area (Å²) in [7, 11) is 2.90. The highest BCUT2D eigenvalue weighted by atomic mass is 19.1. The summed E-state index contributed by atoms with van der Waals surface area (Å²) in [6, 6.07) is 4.38. The van der Waals surface area contributed by atoms with Gasteiger partial charge in [0, 0.05) is 12.6 Å². The van der Waals surface area contributed by atoms with Crippen molar-refractivity contribution in [2.75, 3.05) is 19.5 Å². The highest BCUT2D eigenvalue weighted by molar-refractivity contribution is 5.73. The number of aryl methyl sites for hydroxylation is 1. The van der Waals surface area contributed by atoms with Gasteiger partial charge < -0.3 is 10.1 Å². The molecule has 0 saturated carbocycles.